The summed E-state index contributed by atoms with van der Waals surface area (Å²) in [7, 11) is 0. The number of hydrogen-bond acceptors (Lipinski definition) is 2. The van der Waals surface area contributed by atoms with E-state index in [1.54, 1.807) is 6.07 Å². The highest BCUT2D eigenvalue weighted by Crippen LogP contribution is 2.36. The number of benzene rings is 2. The lowest BCUT2D eigenvalue weighted by atomic mass is 9.94. The van der Waals surface area contributed by atoms with Crippen LogP contribution in [0.2, 0.25) is 0 Å². The molecule has 0 spiro atoms. The van der Waals surface area contributed by atoms with Crippen LogP contribution >= 0.6 is 31.9 Å². The SMILES string of the molecule is CC(Cc1cccc([N+](=O)[O-])c1Br)C(Br)c1ccccc1. The van der Waals surface area contributed by atoms with Crippen molar-refractivity contribution in [2.24, 2.45) is 5.92 Å². The molecule has 5 heteroatoms. The van der Waals surface area contributed by atoms with Crippen LogP contribution in [-0.2, 0) is 6.42 Å². The number of rotatable bonds is 5. The molecule has 0 aliphatic heterocycles. The lowest BCUT2D eigenvalue weighted by Gasteiger charge is -2.19. The Morgan fingerprint density at radius 2 is 1.81 bits per heavy atom. The van der Waals surface area contributed by atoms with Crippen molar-refractivity contribution in [3.63, 3.8) is 0 Å². The molecule has 110 valence electrons. The van der Waals surface area contributed by atoms with Crippen LogP contribution < -0.4 is 0 Å². The van der Waals surface area contributed by atoms with Crippen LogP contribution in [0.4, 0.5) is 5.69 Å². The van der Waals surface area contributed by atoms with Crippen molar-refractivity contribution in [3.8, 4) is 0 Å². The first kappa shape index (κ1) is 16.2. The van der Waals surface area contributed by atoms with Gasteiger partial charge in [-0.3, -0.25) is 10.1 Å². The highest BCUT2D eigenvalue weighted by molar-refractivity contribution is 9.10. The summed E-state index contributed by atoms with van der Waals surface area (Å²) in [5.74, 6) is 0.311. The summed E-state index contributed by atoms with van der Waals surface area (Å²) in [5, 5.41) is 11.0. The van der Waals surface area contributed by atoms with Gasteiger partial charge in [0.25, 0.3) is 5.69 Å². The van der Waals surface area contributed by atoms with Crippen LogP contribution in [0.3, 0.4) is 0 Å². The molecule has 0 aliphatic rings. The van der Waals surface area contributed by atoms with Gasteiger partial charge in [-0.15, -0.1) is 0 Å². The molecule has 0 heterocycles. The summed E-state index contributed by atoms with van der Waals surface area (Å²) in [6.45, 7) is 2.14. The van der Waals surface area contributed by atoms with Gasteiger partial charge >= 0.3 is 0 Å². The molecule has 0 radical (unpaired) electrons. The first-order chi connectivity index (χ1) is 10.0. The number of nitro groups is 1. The van der Waals surface area contributed by atoms with E-state index in [9.17, 15) is 10.1 Å². The van der Waals surface area contributed by atoms with Gasteiger partial charge in [0, 0.05) is 10.9 Å². The van der Waals surface area contributed by atoms with Crippen LogP contribution in [0.15, 0.2) is 53.0 Å². The van der Waals surface area contributed by atoms with E-state index in [2.05, 4.69) is 50.9 Å². The minimum absolute atomic E-state index is 0.116. The molecule has 0 fully saturated rings. The van der Waals surface area contributed by atoms with E-state index >= 15 is 0 Å². The molecule has 2 aromatic rings. The average Bonchev–Trinajstić information content (AvgIpc) is 2.49. The summed E-state index contributed by atoms with van der Waals surface area (Å²) >= 11 is 7.09. The molecule has 0 bridgehead atoms. The Bertz CT molecular complexity index is 631. The maximum absolute atomic E-state index is 11.0. The van der Waals surface area contributed by atoms with Crippen molar-refractivity contribution in [2.45, 2.75) is 18.2 Å². The maximum atomic E-state index is 11.0. The van der Waals surface area contributed by atoms with Gasteiger partial charge in [0.1, 0.15) is 0 Å². The van der Waals surface area contributed by atoms with Crippen LogP contribution in [-0.4, -0.2) is 4.92 Å². The molecule has 0 aromatic heterocycles. The van der Waals surface area contributed by atoms with Gasteiger partial charge in [-0.1, -0.05) is 65.3 Å². The maximum Gasteiger partial charge on any atom is 0.283 e. The number of nitro benzene ring substituents is 1. The highest BCUT2D eigenvalue weighted by atomic mass is 79.9. The summed E-state index contributed by atoms with van der Waals surface area (Å²) in [5.41, 5.74) is 2.29. The third kappa shape index (κ3) is 3.92. The zero-order valence-corrected chi connectivity index (χ0v) is 14.7. The quantitative estimate of drug-likeness (QED) is 0.360. The second-order valence-corrected chi connectivity index (χ2v) is 6.78. The Balaban J connectivity index is 2.18. The summed E-state index contributed by atoms with van der Waals surface area (Å²) in [6, 6.07) is 15.4. The van der Waals surface area contributed by atoms with Gasteiger partial charge < -0.3 is 0 Å². The number of hydrogen-bond donors (Lipinski definition) is 0. The summed E-state index contributed by atoms with van der Waals surface area (Å²) in [4.78, 5) is 10.8. The van der Waals surface area contributed by atoms with Gasteiger partial charge in [0.05, 0.1) is 9.40 Å². The van der Waals surface area contributed by atoms with E-state index < -0.39 is 0 Å². The first-order valence-electron chi connectivity index (χ1n) is 6.61. The predicted molar refractivity (Wildman–Crippen MR) is 91.8 cm³/mol. The first-order valence-corrected chi connectivity index (χ1v) is 8.32. The number of halogens is 2. The standard InChI is InChI=1S/C16H15Br2NO2/c1-11(15(17)12-6-3-2-4-7-12)10-13-8-5-9-14(16(13)18)19(20)21/h2-9,11,15H,10H2,1H3. The van der Waals surface area contributed by atoms with Crippen LogP contribution in [0, 0.1) is 16.0 Å². The lowest BCUT2D eigenvalue weighted by Crippen LogP contribution is -2.08. The monoisotopic (exact) mass is 411 g/mol. The van der Waals surface area contributed by atoms with E-state index in [1.807, 2.05) is 24.3 Å². The van der Waals surface area contributed by atoms with Crippen molar-refractivity contribution >= 4 is 37.5 Å². The molecule has 2 unspecified atom stereocenters. The molecule has 0 aliphatic carbocycles. The molecule has 21 heavy (non-hydrogen) atoms. The fourth-order valence-electron chi connectivity index (χ4n) is 2.28. The van der Waals surface area contributed by atoms with E-state index in [-0.39, 0.29) is 15.4 Å². The summed E-state index contributed by atoms with van der Waals surface area (Å²) < 4.78 is 0.578. The molecule has 0 N–H and O–H groups in total. The molecule has 3 nitrogen and oxygen atoms in total. The minimum atomic E-state index is -0.360. The van der Waals surface area contributed by atoms with Crippen molar-refractivity contribution < 1.29 is 4.92 Å². The molecular formula is C16H15Br2NO2. The number of alkyl halides is 1. The normalized spacial score (nSPS) is 13.7. The molecule has 0 saturated heterocycles. The van der Waals surface area contributed by atoms with Gasteiger partial charge in [0.15, 0.2) is 0 Å². The third-order valence-corrected chi connectivity index (χ3v) is 5.76. The van der Waals surface area contributed by atoms with E-state index in [1.165, 1.54) is 11.6 Å². The zero-order valence-electron chi connectivity index (χ0n) is 11.5. The molecular weight excluding hydrogens is 398 g/mol. The van der Waals surface area contributed by atoms with Gasteiger partial charge in [0.2, 0.25) is 0 Å². The largest absolute Gasteiger partial charge is 0.283 e. The Hall–Kier alpha value is -1.20. The Morgan fingerprint density at radius 3 is 2.43 bits per heavy atom. The van der Waals surface area contributed by atoms with Crippen molar-refractivity contribution in [2.75, 3.05) is 0 Å². The van der Waals surface area contributed by atoms with E-state index in [0.717, 1.165) is 12.0 Å². The Morgan fingerprint density at radius 1 is 1.14 bits per heavy atom. The predicted octanol–water partition coefficient (Wildman–Crippen LogP) is 5.67. The second kappa shape index (κ2) is 7.18. The highest BCUT2D eigenvalue weighted by Gasteiger charge is 2.20. The van der Waals surface area contributed by atoms with Crippen molar-refractivity contribution in [1.82, 2.24) is 0 Å². The van der Waals surface area contributed by atoms with Gasteiger partial charge in [-0.2, -0.15) is 0 Å². The topological polar surface area (TPSA) is 43.1 Å². The number of nitrogens with zero attached hydrogens (tertiary/aromatic N) is 1. The fourth-order valence-corrected chi connectivity index (χ4v) is 3.34. The van der Waals surface area contributed by atoms with E-state index in [4.69, 9.17) is 0 Å². The zero-order chi connectivity index (χ0) is 15.4. The Labute approximate surface area is 140 Å². The van der Waals surface area contributed by atoms with Crippen molar-refractivity contribution in [3.05, 3.63) is 74.2 Å². The molecule has 0 amide bonds. The van der Waals surface area contributed by atoms with Gasteiger partial charge in [-0.25, -0.2) is 0 Å². The average molecular weight is 413 g/mol. The molecule has 0 saturated carbocycles. The minimum Gasteiger partial charge on any atom is -0.258 e. The molecule has 2 aromatic carbocycles. The van der Waals surface area contributed by atoms with Crippen molar-refractivity contribution in [1.29, 1.82) is 0 Å². The fraction of sp³-hybridized carbons (Fsp3) is 0.250. The summed E-state index contributed by atoms with van der Waals surface area (Å²) in [6.07, 6.45) is 0.757. The lowest BCUT2D eigenvalue weighted by molar-refractivity contribution is -0.385. The second-order valence-electron chi connectivity index (χ2n) is 5.00. The van der Waals surface area contributed by atoms with E-state index in [0.29, 0.717) is 10.4 Å². The van der Waals surface area contributed by atoms with Crippen LogP contribution in [0.5, 0.6) is 0 Å². The molecule has 2 atom stereocenters. The third-order valence-electron chi connectivity index (χ3n) is 3.41. The van der Waals surface area contributed by atoms with Crippen LogP contribution in [0.25, 0.3) is 0 Å². The van der Waals surface area contributed by atoms with Gasteiger partial charge in [-0.05, 0) is 39.4 Å². The Kier molecular flexibility index (Phi) is 5.53. The molecule has 2 rings (SSSR count). The van der Waals surface area contributed by atoms with Crippen LogP contribution in [0.1, 0.15) is 22.9 Å². The smallest absolute Gasteiger partial charge is 0.258 e.